The standard InChI is InChI=1S/C28H26Cl2N2O4.C2H6.CH4O/c1-13(2)27-15(4)26(35)19-11-14(3)10-18(28(19)36-27)16(5)31-21-7-9-23(29)32-25(21)17-6-8-22(34)20(12-33)24(17)30;2*1-2/h6-13,16,31,34H,1-5H3;1-2H3;2H,1H3. The highest BCUT2D eigenvalue weighted by molar-refractivity contribution is 6.36. The second kappa shape index (κ2) is 14.3. The number of phenolic OH excluding ortho intramolecular Hbond substituents is 1. The number of hydrogen-bond donors (Lipinski definition) is 3. The fourth-order valence-corrected chi connectivity index (χ4v) is 4.84. The van der Waals surface area contributed by atoms with Crippen LogP contribution in [0.1, 0.15) is 79.4 Å². The molecule has 1 atom stereocenters. The first-order chi connectivity index (χ1) is 19.0. The van der Waals surface area contributed by atoms with Crippen molar-refractivity contribution in [1.29, 1.82) is 0 Å². The molecule has 3 N–H and O–H groups in total. The van der Waals surface area contributed by atoms with Gasteiger partial charge in [-0.25, -0.2) is 4.98 Å². The highest BCUT2D eigenvalue weighted by Crippen LogP contribution is 2.39. The number of anilines is 1. The van der Waals surface area contributed by atoms with Gasteiger partial charge in [0.2, 0.25) is 0 Å². The van der Waals surface area contributed by atoms with Crippen LogP contribution in [0.3, 0.4) is 0 Å². The van der Waals surface area contributed by atoms with Crippen LogP contribution >= 0.6 is 23.2 Å². The van der Waals surface area contributed by atoms with E-state index in [0.29, 0.717) is 45.5 Å². The SMILES string of the molecule is CC.CO.Cc1cc(C(C)Nc2ccc(Cl)nc2-c2ccc(O)c(C=O)c2Cl)c2oc(C(C)C)c(C)c(=O)c2c1. The number of aromatic hydroxyl groups is 1. The first-order valence-corrected chi connectivity index (χ1v) is 13.7. The van der Waals surface area contributed by atoms with Gasteiger partial charge in [-0.15, -0.1) is 0 Å². The number of aliphatic hydroxyl groups excluding tert-OH is 1. The molecule has 2 heterocycles. The molecule has 2 aromatic carbocycles. The molecule has 0 bridgehead atoms. The second-order valence-electron chi connectivity index (χ2n) is 9.18. The first kappa shape index (κ1) is 32.8. The van der Waals surface area contributed by atoms with E-state index in [1.54, 1.807) is 25.1 Å². The van der Waals surface area contributed by atoms with Gasteiger partial charge in [-0.2, -0.15) is 0 Å². The normalized spacial score (nSPS) is 11.3. The maximum atomic E-state index is 13.2. The van der Waals surface area contributed by atoms with Gasteiger partial charge >= 0.3 is 0 Å². The molecule has 1 unspecified atom stereocenters. The molecule has 0 radical (unpaired) electrons. The van der Waals surface area contributed by atoms with E-state index in [0.717, 1.165) is 18.2 Å². The summed E-state index contributed by atoms with van der Waals surface area (Å²) in [6.07, 6.45) is 0.497. The van der Waals surface area contributed by atoms with Crippen molar-refractivity contribution in [3.8, 4) is 17.0 Å². The van der Waals surface area contributed by atoms with E-state index in [-0.39, 0.29) is 38.9 Å². The Morgan fingerprint density at radius 3 is 2.27 bits per heavy atom. The number of nitrogens with zero attached hydrogens (tertiary/aromatic N) is 1. The van der Waals surface area contributed by atoms with Crippen molar-refractivity contribution in [2.75, 3.05) is 12.4 Å². The average molecular weight is 588 g/mol. The number of aldehydes is 1. The molecule has 0 saturated heterocycles. The summed E-state index contributed by atoms with van der Waals surface area (Å²) in [5, 5.41) is 21.3. The van der Waals surface area contributed by atoms with Crippen molar-refractivity contribution in [1.82, 2.24) is 4.98 Å². The van der Waals surface area contributed by atoms with Gasteiger partial charge in [0.15, 0.2) is 11.7 Å². The van der Waals surface area contributed by atoms with E-state index in [2.05, 4.69) is 10.3 Å². The molecule has 0 aliphatic rings. The number of pyridine rings is 1. The van der Waals surface area contributed by atoms with Gasteiger partial charge < -0.3 is 19.9 Å². The Balaban J connectivity index is 0.00000134. The maximum absolute atomic E-state index is 13.2. The van der Waals surface area contributed by atoms with Crippen LogP contribution in [0.4, 0.5) is 5.69 Å². The van der Waals surface area contributed by atoms with Crippen molar-refractivity contribution in [2.24, 2.45) is 0 Å². The number of aliphatic hydroxyl groups is 1. The Kier molecular flexibility index (Phi) is 11.7. The summed E-state index contributed by atoms with van der Waals surface area (Å²) in [7, 11) is 1.00. The Labute approximate surface area is 244 Å². The van der Waals surface area contributed by atoms with E-state index < -0.39 is 0 Å². The molecule has 0 fully saturated rings. The van der Waals surface area contributed by atoms with Crippen molar-refractivity contribution in [3.63, 3.8) is 0 Å². The highest BCUT2D eigenvalue weighted by atomic mass is 35.5. The fourth-order valence-electron chi connectivity index (χ4n) is 4.40. The molecule has 2 aromatic heterocycles. The summed E-state index contributed by atoms with van der Waals surface area (Å²) in [4.78, 5) is 29.1. The third-order valence-electron chi connectivity index (χ3n) is 6.18. The summed E-state index contributed by atoms with van der Waals surface area (Å²) in [5.74, 6) is 0.493. The number of fused-ring (bicyclic) bond motifs is 1. The Morgan fingerprint density at radius 1 is 1.02 bits per heavy atom. The van der Waals surface area contributed by atoms with Crippen molar-refractivity contribution < 1.29 is 19.4 Å². The molecule has 40 heavy (non-hydrogen) atoms. The largest absolute Gasteiger partial charge is 0.507 e. The van der Waals surface area contributed by atoms with Crippen molar-refractivity contribution >= 4 is 46.1 Å². The molecule has 0 amide bonds. The van der Waals surface area contributed by atoms with Gasteiger partial charge in [-0.05, 0) is 56.7 Å². The molecule has 0 saturated carbocycles. The number of hydrogen-bond acceptors (Lipinski definition) is 7. The zero-order valence-electron chi connectivity index (χ0n) is 24.0. The van der Waals surface area contributed by atoms with E-state index in [9.17, 15) is 14.7 Å². The van der Waals surface area contributed by atoms with Crippen LogP contribution in [0, 0.1) is 13.8 Å². The molecule has 0 aliphatic heterocycles. The minimum absolute atomic E-state index is 0.0296. The molecule has 9 heteroatoms. The molecular formula is C31H36Cl2N2O5. The number of aryl methyl sites for hydroxylation is 1. The molecule has 0 aliphatic carbocycles. The summed E-state index contributed by atoms with van der Waals surface area (Å²) in [6, 6.07) is 9.91. The molecule has 7 nitrogen and oxygen atoms in total. The minimum Gasteiger partial charge on any atom is -0.507 e. The van der Waals surface area contributed by atoms with Crippen LogP contribution in [0.25, 0.3) is 22.2 Å². The van der Waals surface area contributed by atoms with Crippen LogP contribution in [0.2, 0.25) is 10.2 Å². The lowest BCUT2D eigenvalue weighted by Crippen LogP contribution is -2.14. The highest BCUT2D eigenvalue weighted by Gasteiger charge is 2.22. The summed E-state index contributed by atoms with van der Waals surface area (Å²) in [6.45, 7) is 13.7. The van der Waals surface area contributed by atoms with Gasteiger partial charge in [0, 0.05) is 29.7 Å². The summed E-state index contributed by atoms with van der Waals surface area (Å²) < 4.78 is 6.31. The van der Waals surface area contributed by atoms with E-state index >= 15 is 0 Å². The summed E-state index contributed by atoms with van der Waals surface area (Å²) in [5.41, 5.74) is 4.29. The van der Waals surface area contributed by atoms with E-state index in [4.69, 9.17) is 32.7 Å². The third kappa shape index (κ3) is 6.66. The Bertz CT molecular complexity index is 1560. The number of carbonyl (C=O) groups excluding carboxylic acids is 1. The topological polar surface area (TPSA) is 113 Å². The smallest absolute Gasteiger partial charge is 0.195 e. The minimum atomic E-state index is -0.304. The lowest BCUT2D eigenvalue weighted by molar-refractivity contribution is 0.112. The number of halogens is 2. The first-order valence-electron chi connectivity index (χ1n) is 13.0. The molecular weight excluding hydrogens is 551 g/mol. The maximum Gasteiger partial charge on any atom is 0.195 e. The predicted molar refractivity (Wildman–Crippen MR) is 164 cm³/mol. The van der Waals surface area contributed by atoms with Gasteiger partial charge in [0.05, 0.1) is 33.4 Å². The predicted octanol–water partition coefficient (Wildman–Crippen LogP) is 8.23. The number of benzene rings is 2. The number of nitrogens with one attached hydrogen (secondary N) is 1. The number of phenols is 1. The molecule has 4 rings (SSSR count). The molecule has 0 spiro atoms. The van der Waals surface area contributed by atoms with Gasteiger partial charge in [-0.3, -0.25) is 9.59 Å². The van der Waals surface area contributed by atoms with E-state index in [1.807, 2.05) is 53.7 Å². The van der Waals surface area contributed by atoms with Crippen LogP contribution in [0.5, 0.6) is 5.75 Å². The number of aromatic nitrogens is 1. The number of rotatable bonds is 6. The Morgan fingerprint density at radius 2 is 1.68 bits per heavy atom. The number of carbonyl (C=O) groups is 1. The lowest BCUT2D eigenvalue weighted by atomic mass is 9.98. The molecule has 4 aromatic rings. The molecule has 214 valence electrons. The van der Waals surface area contributed by atoms with Gasteiger partial charge in [0.25, 0.3) is 0 Å². The fraction of sp³-hybridized carbons (Fsp3) is 0.323. The monoisotopic (exact) mass is 586 g/mol. The van der Waals surface area contributed by atoms with E-state index in [1.165, 1.54) is 6.07 Å². The zero-order valence-corrected chi connectivity index (χ0v) is 25.5. The average Bonchev–Trinajstić information content (AvgIpc) is 2.94. The zero-order chi connectivity index (χ0) is 30.3. The van der Waals surface area contributed by atoms with Crippen LogP contribution in [-0.4, -0.2) is 28.6 Å². The van der Waals surface area contributed by atoms with Gasteiger partial charge in [0.1, 0.15) is 22.2 Å². The van der Waals surface area contributed by atoms with Crippen LogP contribution in [0.15, 0.2) is 45.6 Å². The van der Waals surface area contributed by atoms with Crippen molar-refractivity contribution in [2.45, 2.75) is 60.4 Å². The lowest BCUT2D eigenvalue weighted by Gasteiger charge is -2.21. The second-order valence-corrected chi connectivity index (χ2v) is 9.95. The van der Waals surface area contributed by atoms with Crippen LogP contribution < -0.4 is 10.7 Å². The van der Waals surface area contributed by atoms with Crippen molar-refractivity contribution in [3.05, 3.63) is 84.8 Å². The van der Waals surface area contributed by atoms with Crippen LogP contribution in [-0.2, 0) is 0 Å². The van der Waals surface area contributed by atoms with Gasteiger partial charge in [-0.1, -0.05) is 57.0 Å². The third-order valence-corrected chi connectivity index (χ3v) is 6.80. The Hall–Kier alpha value is -3.39. The summed E-state index contributed by atoms with van der Waals surface area (Å²) >= 11 is 12.7. The quantitative estimate of drug-likeness (QED) is 0.154.